The smallest absolute Gasteiger partial charge is 0.338 e. The molecule has 0 radical (unpaired) electrons. The molecule has 6 heteroatoms. The van der Waals surface area contributed by atoms with Gasteiger partial charge in [-0.3, -0.25) is 9.67 Å². The average Bonchev–Trinajstić information content (AvgIpc) is 3.20. The molecular formula is C19H16ClN3O2. The van der Waals surface area contributed by atoms with Crippen molar-refractivity contribution in [1.29, 1.82) is 0 Å². The monoisotopic (exact) mass is 353 g/mol. The number of allylic oxidation sites excluding steroid dienone is 1. The van der Waals surface area contributed by atoms with Crippen LogP contribution < -0.4 is 0 Å². The van der Waals surface area contributed by atoms with Gasteiger partial charge in [0, 0.05) is 29.6 Å². The molecule has 0 spiro atoms. The molecule has 5 nitrogen and oxygen atoms in total. The predicted molar refractivity (Wildman–Crippen MR) is 97.6 cm³/mol. The van der Waals surface area contributed by atoms with Crippen molar-refractivity contribution in [2.75, 3.05) is 7.11 Å². The van der Waals surface area contributed by atoms with Gasteiger partial charge in [0.15, 0.2) is 0 Å². The molecule has 4 rings (SSSR count). The third-order valence-electron chi connectivity index (χ3n) is 4.48. The second-order valence-electron chi connectivity index (χ2n) is 5.89. The van der Waals surface area contributed by atoms with Crippen molar-refractivity contribution in [1.82, 2.24) is 14.8 Å². The van der Waals surface area contributed by atoms with E-state index in [1.54, 1.807) is 12.3 Å². The maximum Gasteiger partial charge on any atom is 0.338 e. The van der Waals surface area contributed by atoms with E-state index in [1.165, 1.54) is 7.11 Å². The SMILES string of the molecule is CCn1nc2cc(Cl)ccc2c1C1=Cc2nccc(C(=O)OC)c2C1. The van der Waals surface area contributed by atoms with E-state index in [-0.39, 0.29) is 5.97 Å². The summed E-state index contributed by atoms with van der Waals surface area (Å²) < 4.78 is 6.86. The van der Waals surface area contributed by atoms with Gasteiger partial charge in [0.2, 0.25) is 0 Å². The summed E-state index contributed by atoms with van der Waals surface area (Å²) in [6, 6.07) is 7.43. The lowest BCUT2D eigenvalue weighted by Crippen LogP contribution is -2.07. The van der Waals surface area contributed by atoms with Crippen molar-refractivity contribution >= 4 is 40.1 Å². The summed E-state index contributed by atoms with van der Waals surface area (Å²) in [7, 11) is 1.39. The molecule has 1 aliphatic rings. The van der Waals surface area contributed by atoms with Crippen LogP contribution in [0.3, 0.4) is 0 Å². The van der Waals surface area contributed by atoms with Crippen molar-refractivity contribution in [3.63, 3.8) is 0 Å². The Balaban J connectivity index is 1.85. The number of carbonyl (C=O) groups is 1. The van der Waals surface area contributed by atoms with Crippen LogP contribution in [0.5, 0.6) is 0 Å². The predicted octanol–water partition coefficient (Wildman–Crippen LogP) is 3.99. The zero-order chi connectivity index (χ0) is 17.6. The van der Waals surface area contributed by atoms with Crippen LogP contribution in [0.4, 0.5) is 0 Å². The van der Waals surface area contributed by atoms with Crippen LogP contribution in [0.1, 0.15) is 34.2 Å². The van der Waals surface area contributed by atoms with Gasteiger partial charge in [0.05, 0.1) is 29.6 Å². The summed E-state index contributed by atoms with van der Waals surface area (Å²) in [5.41, 5.74) is 5.27. The van der Waals surface area contributed by atoms with Crippen LogP contribution >= 0.6 is 11.6 Å². The third kappa shape index (κ3) is 2.51. The largest absolute Gasteiger partial charge is 0.465 e. The number of fused-ring (bicyclic) bond motifs is 2. The molecule has 0 unspecified atom stereocenters. The quantitative estimate of drug-likeness (QED) is 0.668. The molecule has 1 aliphatic carbocycles. The van der Waals surface area contributed by atoms with Crippen LogP contribution in [0.25, 0.3) is 22.6 Å². The molecule has 2 aromatic heterocycles. The number of esters is 1. The number of aromatic nitrogens is 3. The summed E-state index contributed by atoms with van der Waals surface area (Å²) in [6.07, 6.45) is 4.29. The molecule has 3 aromatic rings. The fourth-order valence-electron chi connectivity index (χ4n) is 3.35. The average molecular weight is 354 g/mol. The Labute approximate surface area is 149 Å². The highest BCUT2D eigenvalue weighted by Gasteiger charge is 2.25. The van der Waals surface area contributed by atoms with E-state index < -0.39 is 0 Å². The Morgan fingerprint density at radius 3 is 2.96 bits per heavy atom. The maximum absolute atomic E-state index is 12.0. The molecule has 0 bridgehead atoms. The molecule has 1 aromatic carbocycles. The molecule has 0 saturated carbocycles. The van der Waals surface area contributed by atoms with E-state index in [1.807, 2.05) is 29.0 Å². The second kappa shape index (κ2) is 6.01. The first kappa shape index (κ1) is 15.8. The molecule has 0 fully saturated rings. The Bertz CT molecular complexity index is 1040. The number of pyridine rings is 1. The fraction of sp³-hybridized carbons (Fsp3) is 0.211. The minimum atomic E-state index is -0.339. The minimum Gasteiger partial charge on any atom is -0.465 e. The van der Waals surface area contributed by atoms with E-state index >= 15 is 0 Å². The molecule has 25 heavy (non-hydrogen) atoms. The molecular weight excluding hydrogens is 338 g/mol. The normalized spacial score (nSPS) is 13.0. The Hall–Kier alpha value is -2.66. The van der Waals surface area contributed by atoms with Gasteiger partial charge in [-0.1, -0.05) is 11.6 Å². The minimum absolute atomic E-state index is 0.339. The molecule has 0 atom stereocenters. The van der Waals surface area contributed by atoms with Crippen LogP contribution in [-0.4, -0.2) is 27.8 Å². The third-order valence-corrected chi connectivity index (χ3v) is 4.71. The Morgan fingerprint density at radius 2 is 2.20 bits per heavy atom. The van der Waals surface area contributed by atoms with Crippen molar-refractivity contribution in [2.45, 2.75) is 19.9 Å². The molecule has 0 amide bonds. The van der Waals surface area contributed by atoms with Gasteiger partial charge in [-0.05, 0) is 48.4 Å². The van der Waals surface area contributed by atoms with E-state index in [9.17, 15) is 4.79 Å². The van der Waals surface area contributed by atoms with Crippen molar-refractivity contribution < 1.29 is 9.53 Å². The lowest BCUT2D eigenvalue weighted by molar-refractivity contribution is 0.0599. The molecule has 126 valence electrons. The number of nitrogens with zero attached hydrogens (tertiary/aromatic N) is 3. The topological polar surface area (TPSA) is 57.0 Å². The van der Waals surface area contributed by atoms with Crippen molar-refractivity contribution in [3.8, 4) is 0 Å². The summed E-state index contributed by atoms with van der Waals surface area (Å²) in [5, 5.41) is 6.36. The zero-order valence-electron chi connectivity index (χ0n) is 13.9. The lowest BCUT2D eigenvalue weighted by atomic mass is 10.0. The molecule has 0 N–H and O–H groups in total. The highest BCUT2D eigenvalue weighted by Crippen LogP contribution is 2.36. The summed E-state index contributed by atoms with van der Waals surface area (Å²) in [5.74, 6) is -0.339. The summed E-state index contributed by atoms with van der Waals surface area (Å²) >= 11 is 6.10. The summed E-state index contributed by atoms with van der Waals surface area (Å²) in [6.45, 7) is 2.80. The number of hydrogen-bond donors (Lipinski definition) is 0. The van der Waals surface area contributed by atoms with Crippen LogP contribution in [0.2, 0.25) is 5.02 Å². The van der Waals surface area contributed by atoms with E-state index in [0.717, 1.165) is 40.0 Å². The van der Waals surface area contributed by atoms with E-state index in [4.69, 9.17) is 16.3 Å². The number of rotatable bonds is 3. The Morgan fingerprint density at radius 1 is 1.36 bits per heavy atom. The number of methoxy groups -OCH3 is 1. The summed E-state index contributed by atoms with van der Waals surface area (Å²) in [4.78, 5) is 16.4. The highest BCUT2D eigenvalue weighted by atomic mass is 35.5. The fourth-order valence-corrected chi connectivity index (χ4v) is 3.52. The lowest BCUT2D eigenvalue weighted by Gasteiger charge is -2.08. The number of hydrogen-bond acceptors (Lipinski definition) is 4. The van der Waals surface area contributed by atoms with Crippen molar-refractivity contribution in [3.05, 3.63) is 58.0 Å². The first-order chi connectivity index (χ1) is 12.1. The standard InChI is InChI=1S/C19H16ClN3O2/c1-3-23-18(14-5-4-12(20)10-17(14)22-23)11-8-15-13(19(24)25-2)6-7-21-16(15)9-11/h4-7,9-10H,3,8H2,1-2H3. The number of benzene rings is 1. The van der Waals surface area contributed by atoms with Gasteiger partial charge >= 0.3 is 5.97 Å². The van der Waals surface area contributed by atoms with E-state index in [0.29, 0.717) is 17.0 Å². The number of halogens is 1. The van der Waals surface area contributed by atoms with Gasteiger partial charge in [0.25, 0.3) is 0 Å². The van der Waals surface area contributed by atoms with Crippen LogP contribution in [-0.2, 0) is 17.7 Å². The number of ether oxygens (including phenoxy) is 1. The first-order valence-electron chi connectivity index (χ1n) is 8.05. The second-order valence-corrected chi connectivity index (χ2v) is 6.32. The van der Waals surface area contributed by atoms with Crippen LogP contribution in [0, 0.1) is 0 Å². The molecule has 0 aliphatic heterocycles. The van der Waals surface area contributed by atoms with E-state index in [2.05, 4.69) is 17.0 Å². The van der Waals surface area contributed by atoms with Crippen LogP contribution in [0.15, 0.2) is 30.5 Å². The highest BCUT2D eigenvalue weighted by molar-refractivity contribution is 6.31. The van der Waals surface area contributed by atoms with Gasteiger partial charge in [-0.15, -0.1) is 0 Å². The maximum atomic E-state index is 12.0. The molecule has 0 saturated heterocycles. The van der Waals surface area contributed by atoms with Gasteiger partial charge in [0.1, 0.15) is 0 Å². The van der Waals surface area contributed by atoms with Gasteiger partial charge in [-0.25, -0.2) is 4.79 Å². The van der Waals surface area contributed by atoms with Gasteiger partial charge in [-0.2, -0.15) is 5.10 Å². The van der Waals surface area contributed by atoms with Crippen molar-refractivity contribution in [2.24, 2.45) is 0 Å². The number of carbonyl (C=O) groups excluding carboxylic acids is 1. The first-order valence-corrected chi connectivity index (χ1v) is 8.43. The van der Waals surface area contributed by atoms with Gasteiger partial charge < -0.3 is 4.74 Å². The Kier molecular flexibility index (Phi) is 3.81. The number of aryl methyl sites for hydroxylation is 1. The molecule has 2 heterocycles. The zero-order valence-corrected chi connectivity index (χ0v) is 14.7.